The Bertz CT molecular complexity index is 505. The van der Waals surface area contributed by atoms with E-state index < -0.39 is 0 Å². The second-order valence-corrected chi connectivity index (χ2v) is 6.59. The Balaban J connectivity index is 1.76. The van der Waals surface area contributed by atoms with Gasteiger partial charge >= 0.3 is 0 Å². The lowest BCUT2D eigenvalue weighted by Gasteiger charge is -2.36. The zero-order chi connectivity index (χ0) is 12.3. The molecule has 18 heavy (non-hydrogen) atoms. The van der Waals surface area contributed by atoms with Crippen molar-refractivity contribution in [1.82, 2.24) is 0 Å². The molecule has 0 amide bonds. The fraction of sp³-hybridized carbons (Fsp3) is 0.571. The van der Waals surface area contributed by atoms with Crippen LogP contribution in [0.25, 0.3) is 0 Å². The SMILES string of the molecule is Fc1cc2c(cc1Br)NCC1C3CCCC3CN21. The van der Waals surface area contributed by atoms with E-state index in [1.807, 2.05) is 6.07 Å². The van der Waals surface area contributed by atoms with Crippen LogP contribution < -0.4 is 10.2 Å². The van der Waals surface area contributed by atoms with Gasteiger partial charge in [0.1, 0.15) is 5.82 Å². The largest absolute Gasteiger partial charge is 0.381 e. The molecule has 0 radical (unpaired) electrons. The van der Waals surface area contributed by atoms with Gasteiger partial charge in [-0.1, -0.05) is 6.42 Å². The number of nitrogens with one attached hydrogen (secondary N) is 1. The van der Waals surface area contributed by atoms with E-state index in [1.54, 1.807) is 6.07 Å². The van der Waals surface area contributed by atoms with Crippen LogP contribution in [0.15, 0.2) is 16.6 Å². The van der Waals surface area contributed by atoms with Gasteiger partial charge in [0.15, 0.2) is 0 Å². The minimum absolute atomic E-state index is 0.159. The summed E-state index contributed by atoms with van der Waals surface area (Å²) in [4.78, 5) is 2.44. The highest BCUT2D eigenvalue weighted by Crippen LogP contribution is 2.48. The van der Waals surface area contributed by atoms with Gasteiger partial charge in [0.2, 0.25) is 0 Å². The third kappa shape index (κ3) is 1.44. The van der Waals surface area contributed by atoms with Crippen molar-refractivity contribution < 1.29 is 4.39 Å². The molecule has 2 heterocycles. The first-order valence-electron chi connectivity index (χ1n) is 6.73. The lowest BCUT2D eigenvalue weighted by Crippen LogP contribution is -2.42. The number of benzene rings is 1. The third-order valence-electron chi connectivity index (χ3n) is 4.89. The summed E-state index contributed by atoms with van der Waals surface area (Å²) in [5.74, 6) is 1.49. The lowest BCUT2D eigenvalue weighted by molar-refractivity contribution is 0.429. The maximum atomic E-state index is 13.8. The second kappa shape index (κ2) is 3.86. The van der Waals surface area contributed by atoms with Gasteiger partial charge in [-0.25, -0.2) is 4.39 Å². The second-order valence-electron chi connectivity index (χ2n) is 5.74. The first-order valence-corrected chi connectivity index (χ1v) is 7.53. The minimum Gasteiger partial charge on any atom is -0.381 e. The molecule has 0 bridgehead atoms. The van der Waals surface area contributed by atoms with Crippen molar-refractivity contribution in [3.05, 3.63) is 22.4 Å². The van der Waals surface area contributed by atoms with Crippen LogP contribution in [0.5, 0.6) is 0 Å². The summed E-state index contributed by atoms with van der Waals surface area (Å²) in [7, 11) is 0. The Morgan fingerprint density at radius 3 is 3.11 bits per heavy atom. The topological polar surface area (TPSA) is 15.3 Å². The van der Waals surface area contributed by atoms with E-state index in [0.29, 0.717) is 10.5 Å². The Morgan fingerprint density at radius 1 is 1.33 bits per heavy atom. The summed E-state index contributed by atoms with van der Waals surface area (Å²) in [5, 5.41) is 3.48. The fourth-order valence-electron chi connectivity index (χ4n) is 4.09. The van der Waals surface area contributed by atoms with Gasteiger partial charge in [-0.05, 0) is 46.7 Å². The number of halogens is 2. The van der Waals surface area contributed by atoms with Gasteiger partial charge in [0, 0.05) is 25.2 Å². The van der Waals surface area contributed by atoms with Crippen LogP contribution in [0.1, 0.15) is 19.3 Å². The first kappa shape index (κ1) is 11.1. The molecular weight excluding hydrogens is 295 g/mol. The molecule has 3 unspecified atom stereocenters. The van der Waals surface area contributed by atoms with Crippen LogP contribution in [0, 0.1) is 17.7 Å². The molecule has 1 aromatic rings. The van der Waals surface area contributed by atoms with Crippen molar-refractivity contribution in [1.29, 1.82) is 0 Å². The highest BCUT2D eigenvalue weighted by atomic mass is 79.9. The predicted octanol–water partition coefficient (Wildman–Crippen LogP) is 3.62. The molecule has 1 aromatic carbocycles. The highest BCUT2D eigenvalue weighted by Gasteiger charge is 2.46. The van der Waals surface area contributed by atoms with Crippen LogP contribution in [0.3, 0.4) is 0 Å². The smallest absolute Gasteiger partial charge is 0.139 e. The lowest BCUT2D eigenvalue weighted by atomic mass is 9.93. The van der Waals surface area contributed by atoms with Crippen molar-refractivity contribution in [2.24, 2.45) is 11.8 Å². The van der Waals surface area contributed by atoms with E-state index in [-0.39, 0.29) is 5.82 Å². The molecule has 4 heteroatoms. The van der Waals surface area contributed by atoms with E-state index in [1.165, 1.54) is 19.3 Å². The maximum Gasteiger partial charge on any atom is 0.139 e. The first-order chi connectivity index (χ1) is 8.74. The molecule has 3 aliphatic rings. The number of rotatable bonds is 0. The van der Waals surface area contributed by atoms with E-state index >= 15 is 0 Å². The van der Waals surface area contributed by atoms with Gasteiger partial charge < -0.3 is 10.2 Å². The van der Waals surface area contributed by atoms with Crippen molar-refractivity contribution >= 4 is 27.3 Å². The van der Waals surface area contributed by atoms with Crippen LogP contribution in [-0.4, -0.2) is 19.1 Å². The molecule has 96 valence electrons. The molecular formula is C14H16BrFN2. The fourth-order valence-corrected chi connectivity index (χ4v) is 4.43. The average molecular weight is 311 g/mol. The van der Waals surface area contributed by atoms with Gasteiger partial charge in [0.05, 0.1) is 15.8 Å². The number of hydrogen-bond donors (Lipinski definition) is 1. The summed E-state index contributed by atoms with van der Waals surface area (Å²) in [6.07, 6.45) is 4.08. The van der Waals surface area contributed by atoms with Gasteiger partial charge in [-0.2, -0.15) is 0 Å². The molecule has 2 aliphatic heterocycles. The zero-order valence-corrected chi connectivity index (χ0v) is 11.7. The van der Waals surface area contributed by atoms with Crippen LogP contribution in [0.2, 0.25) is 0 Å². The molecule has 0 aromatic heterocycles. The van der Waals surface area contributed by atoms with E-state index in [4.69, 9.17) is 0 Å². The van der Waals surface area contributed by atoms with E-state index in [2.05, 4.69) is 26.1 Å². The summed E-state index contributed by atoms with van der Waals surface area (Å²) in [6, 6.07) is 4.12. The number of fused-ring (bicyclic) bond motifs is 5. The Kier molecular flexibility index (Phi) is 2.38. The van der Waals surface area contributed by atoms with E-state index in [0.717, 1.165) is 36.3 Å². The predicted molar refractivity (Wildman–Crippen MR) is 74.6 cm³/mol. The van der Waals surface area contributed by atoms with Crippen molar-refractivity contribution in [3.63, 3.8) is 0 Å². The molecule has 2 fully saturated rings. The van der Waals surface area contributed by atoms with Crippen molar-refractivity contribution in [2.45, 2.75) is 25.3 Å². The molecule has 1 saturated carbocycles. The summed E-state index contributed by atoms with van der Waals surface area (Å²) >= 11 is 3.26. The molecule has 1 aliphatic carbocycles. The maximum absolute atomic E-state index is 13.8. The number of hydrogen-bond acceptors (Lipinski definition) is 2. The van der Waals surface area contributed by atoms with Gasteiger partial charge in [0.25, 0.3) is 0 Å². The van der Waals surface area contributed by atoms with Crippen LogP contribution in [-0.2, 0) is 0 Å². The Hall–Kier alpha value is -0.770. The third-order valence-corrected chi connectivity index (χ3v) is 5.50. The molecule has 0 spiro atoms. The van der Waals surface area contributed by atoms with Crippen molar-refractivity contribution in [3.8, 4) is 0 Å². The zero-order valence-electron chi connectivity index (χ0n) is 10.1. The summed E-state index contributed by atoms with van der Waals surface area (Å²) < 4.78 is 14.3. The van der Waals surface area contributed by atoms with Crippen LogP contribution >= 0.6 is 15.9 Å². The standard InChI is InChI=1S/C14H16BrFN2/c15-10-4-12-13(5-11(10)16)18-7-8-2-1-3-9(8)14(18)6-17-12/h4-5,8-9,14,17H,1-3,6-7H2. The molecule has 2 nitrogen and oxygen atoms in total. The summed E-state index contributed by atoms with van der Waals surface area (Å²) in [5.41, 5.74) is 2.13. The Labute approximate surface area is 115 Å². The van der Waals surface area contributed by atoms with Gasteiger partial charge in [-0.15, -0.1) is 0 Å². The molecule has 1 saturated heterocycles. The molecule has 4 rings (SSSR count). The van der Waals surface area contributed by atoms with Crippen molar-refractivity contribution in [2.75, 3.05) is 23.3 Å². The summed E-state index contributed by atoms with van der Waals surface area (Å²) in [6.45, 7) is 2.12. The van der Waals surface area contributed by atoms with Gasteiger partial charge in [-0.3, -0.25) is 0 Å². The Morgan fingerprint density at radius 2 is 2.22 bits per heavy atom. The quantitative estimate of drug-likeness (QED) is 0.787. The molecule has 1 N–H and O–H groups in total. The molecule has 3 atom stereocenters. The minimum atomic E-state index is -0.159. The monoisotopic (exact) mass is 310 g/mol. The van der Waals surface area contributed by atoms with Crippen LogP contribution in [0.4, 0.5) is 15.8 Å². The highest BCUT2D eigenvalue weighted by molar-refractivity contribution is 9.10. The normalized spacial score (nSPS) is 32.8. The van der Waals surface area contributed by atoms with E-state index in [9.17, 15) is 4.39 Å². The number of nitrogens with zero attached hydrogens (tertiary/aromatic N) is 1. The average Bonchev–Trinajstić information content (AvgIpc) is 2.91. The number of anilines is 2.